The minimum Gasteiger partial charge on any atom is -0.504 e. The van der Waals surface area contributed by atoms with Gasteiger partial charge in [-0.2, -0.15) is 0 Å². The maximum atomic E-state index is 11.2. The summed E-state index contributed by atoms with van der Waals surface area (Å²) in [5, 5.41) is 22.5. The van der Waals surface area contributed by atoms with Gasteiger partial charge in [0.05, 0.1) is 133 Å². The highest BCUT2D eigenvalue weighted by molar-refractivity contribution is 5.93. The fourth-order valence-corrected chi connectivity index (χ4v) is 6.83. The molecule has 19 nitrogen and oxygen atoms in total. The normalized spacial score (nSPS) is 11.5. The molecule has 74 heavy (non-hydrogen) atoms. The van der Waals surface area contributed by atoms with Crippen molar-refractivity contribution in [1.29, 1.82) is 0 Å². The second-order valence-corrected chi connectivity index (χ2v) is 15.7. The second-order valence-electron chi connectivity index (χ2n) is 15.7. The van der Waals surface area contributed by atoms with Gasteiger partial charge >= 0.3 is 0 Å². The van der Waals surface area contributed by atoms with Crippen LogP contribution in [0.3, 0.4) is 0 Å². The number of phenols is 2. The summed E-state index contributed by atoms with van der Waals surface area (Å²) in [7, 11) is 6.23. The van der Waals surface area contributed by atoms with Crippen molar-refractivity contribution in [3.63, 3.8) is 0 Å². The molecule has 1 aromatic heterocycles. The topological polar surface area (TPSA) is 207 Å². The van der Waals surface area contributed by atoms with Gasteiger partial charge in [0, 0.05) is 55.1 Å². The van der Waals surface area contributed by atoms with Crippen molar-refractivity contribution in [2.45, 2.75) is 0 Å². The molecule has 0 spiro atoms. The van der Waals surface area contributed by atoms with Gasteiger partial charge in [-0.1, -0.05) is 36.4 Å². The maximum absolute atomic E-state index is 11.2. The fraction of sp³-hybridized carbons (Fsp3) is 0.436. The third kappa shape index (κ3) is 20.9. The quantitative estimate of drug-likeness (QED) is 0.0287. The van der Waals surface area contributed by atoms with Crippen LogP contribution in [0.5, 0.6) is 34.5 Å². The molecule has 0 aliphatic heterocycles. The lowest BCUT2D eigenvalue weighted by atomic mass is 10.0. The van der Waals surface area contributed by atoms with Crippen LogP contribution in [0.1, 0.15) is 11.1 Å². The Morgan fingerprint density at radius 1 is 0.405 bits per heavy atom. The zero-order valence-electron chi connectivity index (χ0n) is 42.9. The molecule has 0 unspecified atom stereocenters. The Hall–Kier alpha value is -6.23. The van der Waals surface area contributed by atoms with Crippen LogP contribution >= 0.6 is 0 Å². The highest BCUT2D eigenvalue weighted by atomic mass is 16.6. The molecule has 0 saturated heterocycles. The van der Waals surface area contributed by atoms with Gasteiger partial charge in [-0.15, -0.1) is 0 Å². The maximum Gasteiger partial charge on any atom is 0.178 e. The Morgan fingerprint density at radius 3 is 1.16 bits per heavy atom. The SMILES string of the molecule is COCCOCCOCCOCCOCCOc1ccccc1-c1cc(C=Nc2cccnc2/N=C/c2cc(-c3ccccc3OCCOCCOCCOCCOCCOC)cc(OC)c2O)c(O)c(OC)c1. The van der Waals surface area contributed by atoms with Crippen molar-refractivity contribution in [3.8, 4) is 56.8 Å². The minimum atomic E-state index is -0.113. The van der Waals surface area contributed by atoms with E-state index < -0.39 is 0 Å². The van der Waals surface area contributed by atoms with Crippen LogP contribution in [0.15, 0.2) is 101 Å². The van der Waals surface area contributed by atoms with Gasteiger partial charge in [0.1, 0.15) is 30.4 Å². The number of aromatic hydroxyl groups is 2. The molecule has 4 aromatic carbocycles. The molecule has 0 amide bonds. The number of ether oxygens (including phenoxy) is 14. The zero-order valence-corrected chi connectivity index (χ0v) is 42.9. The summed E-state index contributed by atoms with van der Waals surface area (Å²) in [5.41, 5.74) is 4.12. The van der Waals surface area contributed by atoms with Crippen molar-refractivity contribution in [1.82, 2.24) is 4.98 Å². The first kappa shape index (κ1) is 58.7. The molecule has 5 aromatic rings. The van der Waals surface area contributed by atoms with E-state index in [0.29, 0.717) is 160 Å². The van der Waals surface area contributed by atoms with E-state index in [1.807, 2.05) is 48.5 Å². The molecule has 0 radical (unpaired) electrons. The fourth-order valence-electron chi connectivity index (χ4n) is 6.83. The largest absolute Gasteiger partial charge is 0.504 e. The molecule has 2 N–H and O–H groups in total. The van der Waals surface area contributed by atoms with Gasteiger partial charge in [-0.25, -0.2) is 9.98 Å². The molecule has 0 fully saturated rings. The summed E-state index contributed by atoms with van der Waals surface area (Å²) in [4.78, 5) is 13.8. The highest BCUT2D eigenvalue weighted by Crippen LogP contribution is 2.40. The summed E-state index contributed by atoms with van der Waals surface area (Å²) in [6, 6.07) is 25.6. The van der Waals surface area contributed by atoms with E-state index in [9.17, 15) is 10.2 Å². The number of hydrogen-bond donors (Lipinski definition) is 2. The number of para-hydroxylation sites is 2. The number of benzene rings is 4. The molecule has 0 atom stereocenters. The summed E-state index contributed by atoms with van der Waals surface area (Å²) < 4.78 is 77.7. The number of pyridine rings is 1. The Morgan fingerprint density at radius 2 is 0.770 bits per heavy atom. The predicted molar refractivity (Wildman–Crippen MR) is 280 cm³/mol. The van der Waals surface area contributed by atoms with Gasteiger partial charge in [0.2, 0.25) is 0 Å². The number of aliphatic imine (C=N–C) groups is 2. The van der Waals surface area contributed by atoms with Gasteiger partial charge in [0.15, 0.2) is 28.8 Å². The van der Waals surface area contributed by atoms with Gasteiger partial charge in [-0.05, 0) is 59.7 Å². The molecule has 0 aliphatic rings. The molecule has 1 heterocycles. The Kier molecular flexibility index (Phi) is 28.4. The monoisotopic (exact) mass is 1030 g/mol. The minimum absolute atomic E-state index is 0.105. The third-order valence-corrected chi connectivity index (χ3v) is 10.5. The average molecular weight is 1030 g/mol. The average Bonchev–Trinajstić information content (AvgIpc) is 3.43. The van der Waals surface area contributed by atoms with E-state index in [4.69, 9.17) is 71.3 Å². The smallest absolute Gasteiger partial charge is 0.178 e. The van der Waals surface area contributed by atoms with Crippen molar-refractivity contribution >= 4 is 23.9 Å². The van der Waals surface area contributed by atoms with Crippen molar-refractivity contribution in [2.24, 2.45) is 9.98 Å². The van der Waals surface area contributed by atoms with Gasteiger partial charge < -0.3 is 76.5 Å². The molecule has 5 rings (SSSR count). The third-order valence-electron chi connectivity index (χ3n) is 10.5. The summed E-state index contributed by atoms with van der Waals surface area (Å²) in [6.45, 7) is 9.04. The first-order valence-corrected chi connectivity index (χ1v) is 24.4. The summed E-state index contributed by atoms with van der Waals surface area (Å²) in [6.07, 6.45) is 4.60. The van der Waals surface area contributed by atoms with E-state index in [1.165, 1.54) is 26.6 Å². The van der Waals surface area contributed by atoms with Crippen LogP contribution in [0.2, 0.25) is 0 Å². The van der Waals surface area contributed by atoms with Crippen molar-refractivity contribution in [2.75, 3.05) is 161 Å². The van der Waals surface area contributed by atoms with Gasteiger partial charge in [0.25, 0.3) is 0 Å². The second kappa shape index (κ2) is 35.8. The van der Waals surface area contributed by atoms with Crippen LogP contribution in [0, 0.1) is 0 Å². The molecule has 19 heteroatoms. The van der Waals surface area contributed by atoms with Crippen LogP contribution in [-0.4, -0.2) is 188 Å². The molecule has 0 aliphatic carbocycles. The lowest BCUT2D eigenvalue weighted by Crippen LogP contribution is -2.14. The highest BCUT2D eigenvalue weighted by Gasteiger charge is 2.16. The molecule has 0 bridgehead atoms. The standard InChI is InChI=1S/C55H71N3O16/c1-61-16-18-65-20-22-67-24-26-69-28-30-71-32-34-73-49-13-7-5-10-46(49)42-36-44(53(59)51(38-42)63-3)40-57-48-12-9-15-56-55(48)58-41-45-37-43(39-52(64-4)54(45)60)47-11-6-8-14-50(47)74-35-33-72-31-29-70-27-25-68-23-21-66-19-17-62-2/h5-15,36-41,59-60H,16-35H2,1-4H3/b57-40?,58-41+. The van der Waals surface area contributed by atoms with Crippen LogP contribution in [0.4, 0.5) is 11.5 Å². The number of nitrogens with zero attached hydrogens (tertiary/aromatic N) is 3. The van der Waals surface area contributed by atoms with Crippen LogP contribution < -0.4 is 18.9 Å². The number of rotatable bonds is 40. The lowest BCUT2D eigenvalue weighted by molar-refractivity contribution is -0.00977. The van der Waals surface area contributed by atoms with E-state index >= 15 is 0 Å². The Bertz CT molecular complexity index is 2240. The number of hydrogen-bond acceptors (Lipinski definition) is 19. The zero-order chi connectivity index (χ0) is 52.3. The van der Waals surface area contributed by atoms with E-state index in [1.54, 1.807) is 56.8 Å². The summed E-state index contributed by atoms with van der Waals surface area (Å²) in [5.74, 6) is 1.76. The Labute approximate surface area is 433 Å². The number of aromatic nitrogens is 1. The first-order chi connectivity index (χ1) is 36.5. The van der Waals surface area contributed by atoms with Gasteiger partial charge in [-0.3, -0.25) is 4.99 Å². The molecular formula is C55H71N3O16. The van der Waals surface area contributed by atoms with Crippen molar-refractivity contribution in [3.05, 3.63) is 102 Å². The Balaban J connectivity index is 1.16. The predicted octanol–water partition coefficient (Wildman–Crippen LogP) is 7.53. The number of phenolic OH excluding ortho intramolecular Hbond substituents is 2. The number of methoxy groups -OCH3 is 4. The van der Waals surface area contributed by atoms with Crippen LogP contribution in [0.25, 0.3) is 22.3 Å². The lowest BCUT2D eigenvalue weighted by Gasteiger charge is -2.15. The molecule has 402 valence electrons. The first-order valence-electron chi connectivity index (χ1n) is 24.4. The molecular weight excluding hydrogens is 959 g/mol. The van der Waals surface area contributed by atoms with Crippen LogP contribution in [-0.2, 0) is 47.4 Å². The van der Waals surface area contributed by atoms with E-state index in [-0.39, 0.29) is 28.8 Å². The van der Waals surface area contributed by atoms with E-state index in [0.717, 1.165) is 22.3 Å². The summed E-state index contributed by atoms with van der Waals surface area (Å²) >= 11 is 0. The van der Waals surface area contributed by atoms with Crippen molar-refractivity contribution < 1.29 is 76.5 Å². The van der Waals surface area contributed by atoms with E-state index in [2.05, 4.69) is 9.98 Å². The molecule has 0 saturated carbocycles.